The molecule has 0 fully saturated rings. The van der Waals surface area contributed by atoms with Crippen LogP contribution in [0.25, 0.3) is 0 Å². The third-order valence-electron chi connectivity index (χ3n) is 4.49. The van der Waals surface area contributed by atoms with Gasteiger partial charge in [-0.1, -0.05) is 49.4 Å². The van der Waals surface area contributed by atoms with Gasteiger partial charge in [0.05, 0.1) is 7.11 Å². The molecule has 27 heavy (non-hydrogen) atoms. The standard InChI is InChI=1S/C22H28N2O3/c1-4-8-21(25)24(16-18-11-13-19(27-3)14-12-18)20(22(26)23-2)15-17-9-6-5-7-10-17/h5-7,9-14,20H,4,8,15-16H2,1-3H3,(H,23,26)/t20-/m0/s1. The molecule has 5 nitrogen and oxygen atoms in total. The van der Waals surface area contributed by atoms with Crippen molar-refractivity contribution < 1.29 is 14.3 Å². The van der Waals surface area contributed by atoms with Crippen molar-refractivity contribution in [2.24, 2.45) is 0 Å². The number of rotatable bonds is 9. The predicted octanol–water partition coefficient (Wildman–Crippen LogP) is 3.18. The number of likely N-dealkylation sites (N-methyl/N-ethyl adjacent to an activating group) is 1. The van der Waals surface area contributed by atoms with Crippen LogP contribution in [0.1, 0.15) is 30.9 Å². The molecule has 0 aliphatic rings. The highest BCUT2D eigenvalue weighted by atomic mass is 16.5. The van der Waals surface area contributed by atoms with Gasteiger partial charge in [-0.15, -0.1) is 0 Å². The van der Waals surface area contributed by atoms with E-state index in [9.17, 15) is 9.59 Å². The van der Waals surface area contributed by atoms with Crippen LogP contribution in [-0.2, 0) is 22.6 Å². The first kappa shape index (κ1) is 20.5. The minimum absolute atomic E-state index is 0.0159. The first-order valence-electron chi connectivity index (χ1n) is 9.27. The Bertz CT molecular complexity index is 729. The van der Waals surface area contributed by atoms with Crippen molar-refractivity contribution >= 4 is 11.8 Å². The van der Waals surface area contributed by atoms with Crippen LogP contribution in [0.2, 0.25) is 0 Å². The molecule has 0 bridgehead atoms. The van der Waals surface area contributed by atoms with Gasteiger partial charge in [-0.25, -0.2) is 0 Å². The molecule has 0 saturated carbocycles. The molecule has 0 aliphatic heterocycles. The van der Waals surface area contributed by atoms with Crippen LogP contribution in [0.3, 0.4) is 0 Å². The summed E-state index contributed by atoms with van der Waals surface area (Å²) in [5.41, 5.74) is 1.98. The Morgan fingerprint density at radius 3 is 2.26 bits per heavy atom. The van der Waals surface area contributed by atoms with Gasteiger partial charge in [-0.2, -0.15) is 0 Å². The summed E-state index contributed by atoms with van der Waals surface area (Å²) in [7, 11) is 3.23. The maximum Gasteiger partial charge on any atom is 0.242 e. The lowest BCUT2D eigenvalue weighted by atomic mass is 10.0. The van der Waals surface area contributed by atoms with Crippen LogP contribution in [-0.4, -0.2) is 36.9 Å². The van der Waals surface area contributed by atoms with Gasteiger partial charge in [0.25, 0.3) is 0 Å². The van der Waals surface area contributed by atoms with E-state index >= 15 is 0 Å². The van der Waals surface area contributed by atoms with E-state index in [0.29, 0.717) is 19.4 Å². The predicted molar refractivity (Wildman–Crippen MR) is 106 cm³/mol. The van der Waals surface area contributed by atoms with Crippen molar-refractivity contribution in [1.82, 2.24) is 10.2 Å². The summed E-state index contributed by atoms with van der Waals surface area (Å²) in [5, 5.41) is 2.71. The van der Waals surface area contributed by atoms with Crippen LogP contribution < -0.4 is 10.1 Å². The van der Waals surface area contributed by atoms with Gasteiger partial charge < -0.3 is 15.0 Å². The minimum atomic E-state index is -0.557. The van der Waals surface area contributed by atoms with Gasteiger partial charge in [0.1, 0.15) is 11.8 Å². The zero-order valence-corrected chi connectivity index (χ0v) is 16.3. The topological polar surface area (TPSA) is 58.6 Å². The number of nitrogens with zero attached hydrogens (tertiary/aromatic N) is 1. The van der Waals surface area contributed by atoms with Crippen LogP contribution in [0, 0.1) is 0 Å². The molecule has 2 rings (SSSR count). The lowest BCUT2D eigenvalue weighted by Gasteiger charge is -2.31. The molecule has 2 amide bonds. The lowest BCUT2D eigenvalue weighted by molar-refractivity contribution is -0.141. The lowest BCUT2D eigenvalue weighted by Crippen LogP contribution is -2.49. The first-order chi connectivity index (χ1) is 13.1. The molecule has 0 spiro atoms. The van der Waals surface area contributed by atoms with Gasteiger partial charge in [0.15, 0.2) is 0 Å². The van der Waals surface area contributed by atoms with Gasteiger partial charge in [-0.3, -0.25) is 9.59 Å². The Balaban J connectivity index is 2.30. The number of nitrogens with one attached hydrogen (secondary N) is 1. The molecule has 144 valence electrons. The average Bonchev–Trinajstić information content (AvgIpc) is 2.71. The number of carbonyl (C=O) groups excluding carboxylic acids is 2. The Kier molecular flexibility index (Phi) is 7.86. The van der Waals surface area contributed by atoms with Crippen LogP contribution >= 0.6 is 0 Å². The molecule has 0 heterocycles. The SMILES string of the molecule is CCCC(=O)N(Cc1ccc(OC)cc1)[C@@H](Cc1ccccc1)C(=O)NC. The van der Waals surface area contributed by atoms with E-state index in [2.05, 4.69) is 5.32 Å². The molecule has 1 N–H and O–H groups in total. The quantitative estimate of drug-likeness (QED) is 0.740. The van der Waals surface area contributed by atoms with Gasteiger partial charge in [-0.05, 0) is 29.7 Å². The fraction of sp³-hybridized carbons (Fsp3) is 0.364. The number of hydrogen-bond acceptors (Lipinski definition) is 3. The highest BCUT2D eigenvalue weighted by molar-refractivity contribution is 5.87. The van der Waals surface area contributed by atoms with Crippen molar-refractivity contribution in [3.63, 3.8) is 0 Å². The van der Waals surface area contributed by atoms with E-state index in [-0.39, 0.29) is 11.8 Å². The summed E-state index contributed by atoms with van der Waals surface area (Å²) >= 11 is 0. The van der Waals surface area contributed by atoms with Crippen LogP contribution in [0.5, 0.6) is 5.75 Å². The summed E-state index contributed by atoms with van der Waals surface area (Å²) in [4.78, 5) is 27.2. The second kappa shape index (κ2) is 10.4. The third kappa shape index (κ3) is 5.84. The Morgan fingerprint density at radius 1 is 1.04 bits per heavy atom. The van der Waals surface area contributed by atoms with Crippen molar-refractivity contribution in [3.05, 3.63) is 65.7 Å². The molecule has 0 aliphatic carbocycles. The molecule has 0 saturated heterocycles. The zero-order valence-electron chi connectivity index (χ0n) is 16.3. The number of amides is 2. The van der Waals surface area contributed by atoms with E-state index in [4.69, 9.17) is 4.74 Å². The maximum atomic E-state index is 12.8. The minimum Gasteiger partial charge on any atom is -0.497 e. The normalized spacial score (nSPS) is 11.5. The van der Waals surface area contributed by atoms with Crippen molar-refractivity contribution in [3.8, 4) is 5.75 Å². The fourth-order valence-electron chi connectivity index (χ4n) is 3.01. The van der Waals surface area contributed by atoms with Crippen molar-refractivity contribution in [2.75, 3.05) is 14.2 Å². The number of ether oxygens (including phenoxy) is 1. The Morgan fingerprint density at radius 2 is 1.70 bits per heavy atom. The number of methoxy groups -OCH3 is 1. The maximum absolute atomic E-state index is 12.8. The molecular formula is C22H28N2O3. The Labute approximate surface area is 161 Å². The number of hydrogen-bond donors (Lipinski definition) is 1. The smallest absolute Gasteiger partial charge is 0.242 e. The molecule has 0 radical (unpaired) electrons. The van der Waals surface area contributed by atoms with E-state index in [1.807, 2.05) is 61.5 Å². The van der Waals surface area contributed by atoms with E-state index in [1.54, 1.807) is 19.1 Å². The second-order valence-corrected chi connectivity index (χ2v) is 6.44. The number of carbonyl (C=O) groups is 2. The van der Waals surface area contributed by atoms with E-state index < -0.39 is 6.04 Å². The zero-order chi connectivity index (χ0) is 19.6. The monoisotopic (exact) mass is 368 g/mol. The summed E-state index contributed by atoms with van der Waals surface area (Å²) in [6, 6.07) is 16.8. The summed E-state index contributed by atoms with van der Waals surface area (Å²) in [6.45, 7) is 2.35. The van der Waals surface area contributed by atoms with E-state index in [1.165, 1.54) is 0 Å². The molecule has 0 unspecified atom stereocenters. The molecule has 5 heteroatoms. The van der Waals surface area contributed by atoms with Crippen molar-refractivity contribution in [1.29, 1.82) is 0 Å². The summed E-state index contributed by atoms with van der Waals surface area (Å²) in [5.74, 6) is 0.590. The number of benzene rings is 2. The van der Waals surface area contributed by atoms with Crippen LogP contribution in [0.15, 0.2) is 54.6 Å². The Hall–Kier alpha value is -2.82. The summed E-state index contributed by atoms with van der Waals surface area (Å²) < 4.78 is 5.20. The van der Waals surface area contributed by atoms with Gasteiger partial charge in [0, 0.05) is 26.4 Å². The molecular weight excluding hydrogens is 340 g/mol. The second-order valence-electron chi connectivity index (χ2n) is 6.44. The fourth-order valence-corrected chi connectivity index (χ4v) is 3.01. The van der Waals surface area contributed by atoms with E-state index in [0.717, 1.165) is 23.3 Å². The summed E-state index contributed by atoms with van der Waals surface area (Å²) in [6.07, 6.45) is 1.63. The highest BCUT2D eigenvalue weighted by Gasteiger charge is 2.29. The molecule has 2 aromatic carbocycles. The molecule has 2 aromatic rings. The average molecular weight is 368 g/mol. The highest BCUT2D eigenvalue weighted by Crippen LogP contribution is 2.18. The van der Waals surface area contributed by atoms with Crippen molar-refractivity contribution in [2.45, 2.75) is 38.8 Å². The van der Waals surface area contributed by atoms with Crippen LogP contribution in [0.4, 0.5) is 0 Å². The van der Waals surface area contributed by atoms with Gasteiger partial charge in [0.2, 0.25) is 11.8 Å². The first-order valence-corrected chi connectivity index (χ1v) is 9.27. The van der Waals surface area contributed by atoms with Gasteiger partial charge >= 0.3 is 0 Å². The molecule has 0 aromatic heterocycles. The third-order valence-corrected chi connectivity index (χ3v) is 4.49. The molecule has 1 atom stereocenters. The largest absolute Gasteiger partial charge is 0.497 e.